The van der Waals surface area contributed by atoms with Crippen LogP contribution in [0.2, 0.25) is 0 Å². The van der Waals surface area contributed by atoms with Gasteiger partial charge in [-0.1, -0.05) is 13.8 Å². The smallest absolute Gasteiger partial charge is 0.0950 e. The van der Waals surface area contributed by atoms with Gasteiger partial charge >= 0.3 is 0 Å². The Morgan fingerprint density at radius 2 is 2.33 bits per heavy atom. The summed E-state index contributed by atoms with van der Waals surface area (Å²) in [5.74, 6) is 0. The minimum Gasteiger partial charge on any atom is -0.472 e. The normalized spacial score (nSPS) is 14.7. The first kappa shape index (κ1) is 9.29. The van der Waals surface area contributed by atoms with Crippen molar-refractivity contribution in [3.63, 3.8) is 0 Å². The van der Waals surface area contributed by atoms with E-state index in [0.717, 1.165) is 5.56 Å². The van der Waals surface area contributed by atoms with Gasteiger partial charge in [-0.3, -0.25) is 0 Å². The zero-order valence-corrected chi connectivity index (χ0v) is 7.45. The molecule has 1 rings (SSSR count). The van der Waals surface area contributed by atoms with E-state index in [1.807, 2.05) is 19.9 Å². The van der Waals surface area contributed by atoms with Crippen molar-refractivity contribution in [3.8, 4) is 0 Å². The van der Waals surface area contributed by atoms with Crippen LogP contribution in [-0.4, -0.2) is 11.7 Å². The molecule has 1 aromatic rings. The first-order valence-electron chi connectivity index (χ1n) is 3.96. The molecule has 0 saturated heterocycles. The number of furan rings is 1. The Morgan fingerprint density at radius 1 is 1.67 bits per heavy atom. The van der Waals surface area contributed by atoms with Crippen molar-refractivity contribution in [1.29, 1.82) is 0 Å². The number of hydrogen-bond donors (Lipinski definition) is 2. The summed E-state index contributed by atoms with van der Waals surface area (Å²) in [6, 6.07) is 1.64. The Morgan fingerprint density at radius 3 is 2.75 bits per heavy atom. The van der Waals surface area contributed by atoms with E-state index in [1.165, 1.54) is 0 Å². The van der Waals surface area contributed by atoms with E-state index in [-0.39, 0.29) is 18.1 Å². The quantitative estimate of drug-likeness (QED) is 0.717. The van der Waals surface area contributed by atoms with Crippen molar-refractivity contribution in [3.05, 3.63) is 24.2 Å². The summed E-state index contributed by atoms with van der Waals surface area (Å²) in [7, 11) is 0. The van der Waals surface area contributed by atoms with Gasteiger partial charge in [-0.2, -0.15) is 0 Å². The summed E-state index contributed by atoms with van der Waals surface area (Å²) >= 11 is 0. The van der Waals surface area contributed by atoms with Crippen molar-refractivity contribution in [1.82, 2.24) is 0 Å². The van der Waals surface area contributed by atoms with Gasteiger partial charge in [-0.25, -0.2) is 0 Å². The summed E-state index contributed by atoms with van der Waals surface area (Å²) in [5.41, 5.74) is 6.53. The highest BCUT2D eigenvalue weighted by molar-refractivity contribution is 5.13. The zero-order chi connectivity index (χ0) is 9.19. The van der Waals surface area contributed by atoms with E-state index >= 15 is 0 Å². The average Bonchev–Trinajstić information content (AvgIpc) is 2.55. The molecule has 0 spiro atoms. The van der Waals surface area contributed by atoms with Crippen molar-refractivity contribution in [2.24, 2.45) is 11.1 Å². The van der Waals surface area contributed by atoms with Gasteiger partial charge in [0.05, 0.1) is 12.5 Å². The molecule has 0 radical (unpaired) electrons. The number of hydrogen-bond acceptors (Lipinski definition) is 3. The first-order chi connectivity index (χ1) is 5.58. The summed E-state index contributed by atoms with van der Waals surface area (Å²) in [4.78, 5) is 0. The molecule has 68 valence electrons. The van der Waals surface area contributed by atoms with Gasteiger partial charge in [0.25, 0.3) is 0 Å². The van der Waals surface area contributed by atoms with Gasteiger partial charge in [-0.15, -0.1) is 0 Å². The monoisotopic (exact) mass is 169 g/mol. The van der Waals surface area contributed by atoms with Gasteiger partial charge in [0.1, 0.15) is 0 Å². The molecule has 1 aromatic heterocycles. The van der Waals surface area contributed by atoms with Crippen LogP contribution in [0.3, 0.4) is 0 Å². The van der Waals surface area contributed by atoms with Gasteiger partial charge in [0, 0.05) is 23.6 Å². The topological polar surface area (TPSA) is 59.4 Å². The molecule has 1 atom stereocenters. The highest BCUT2D eigenvalue weighted by Gasteiger charge is 2.27. The van der Waals surface area contributed by atoms with Crippen LogP contribution in [-0.2, 0) is 0 Å². The third-order valence-corrected chi connectivity index (χ3v) is 2.15. The van der Waals surface area contributed by atoms with E-state index in [2.05, 4.69) is 0 Å². The van der Waals surface area contributed by atoms with E-state index in [1.54, 1.807) is 12.5 Å². The summed E-state index contributed by atoms with van der Waals surface area (Å²) < 4.78 is 4.91. The molecular weight excluding hydrogens is 154 g/mol. The van der Waals surface area contributed by atoms with Crippen molar-refractivity contribution in [2.75, 3.05) is 6.61 Å². The Kier molecular flexibility index (Phi) is 2.55. The lowest BCUT2D eigenvalue weighted by molar-refractivity contribution is 0.132. The SMILES string of the molecule is CC(C)(CO)[C@@H](N)c1ccoc1. The van der Waals surface area contributed by atoms with E-state index in [4.69, 9.17) is 15.3 Å². The molecule has 0 unspecified atom stereocenters. The molecule has 0 fully saturated rings. The molecule has 1 heterocycles. The highest BCUT2D eigenvalue weighted by Crippen LogP contribution is 2.30. The minimum absolute atomic E-state index is 0.0688. The Balaban J connectivity index is 2.78. The Hall–Kier alpha value is -0.800. The molecular formula is C9H15NO2. The highest BCUT2D eigenvalue weighted by atomic mass is 16.3. The molecule has 0 aliphatic rings. The molecule has 0 aromatic carbocycles. The predicted octanol–water partition coefficient (Wildman–Crippen LogP) is 1.30. The molecule has 0 aliphatic carbocycles. The fourth-order valence-electron chi connectivity index (χ4n) is 1.00. The maximum atomic E-state index is 9.05. The molecule has 3 heteroatoms. The van der Waals surface area contributed by atoms with Crippen LogP contribution in [0.25, 0.3) is 0 Å². The number of aliphatic hydroxyl groups is 1. The largest absolute Gasteiger partial charge is 0.472 e. The van der Waals surface area contributed by atoms with Crippen LogP contribution in [0, 0.1) is 5.41 Å². The van der Waals surface area contributed by atoms with Gasteiger partial charge < -0.3 is 15.3 Å². The summed E-state index contributed by atoms with van der Waals surface area (Å²) in [6.07, 6.45) is 3.20. The number of aliphatic hydroxyl groups excluding tert-OH is 1. The molecule has 0 amide bonds. The Labute approximate surface area is 72.2 Å². The lowest BCUT2D eigenvalue weighted by atomic mass is 9.83. The van der Waals surface area contributed by atoms with E-state index < -0.39 is 0 Å². The summed E-state index contributed by atoms with van der Waals surface area (Å²) in [6.45, 7) is 3.91. The van der Waals surface area contributed by atoms with Gasteiger partial charge in [0.15, 0.2) is 0 Å². The number of rotatable bonds is 3. The van der Waals surface area contributed by atoms with Crippen LogP contribution in [0.1, 0.15) is 25.5 Å². The standard InChI is InChI=1S/C9H15NO2/c1-9(2,6-11)8(10)7-3-4-12-5-7/h3-5,8,11H,6,10H2,1-2H3/t8-/m0/s1. The number of nitrogens with two attached hydrogens (primary N) is 1. The third-order valence-electron chi connectivity index (χ3n) is 2.15. The van der Waals surface area contributed by atoms with Gasteiger partial charge in [0.2, 0.25) is 0 Å². The molecule has 0 aliphatic heterocycles. The average molecular weight is 169 g/mol. The third kappa shape index (κ3) is 1.68. The zero-order valence-electron chi connectivity index (χ0n) is 7.45. The molecule has 0 bridgehead atoms. The fourth-order valence-corrected chi connectivity index (χ4v) is 1.00. The second-order valence-corrected chi connectivity index (χ2v) is 3.68. The molecule has 0 saturated carbocycles. The lowest BCUT2D eigenvalue weighted by Gasteiger charge is -2.28. The van der Waals surface area contributed by atoms with Crippen molar-refractivity contribution >= 4 is 0 Å². The van der Waals surface area contributed by atoms with E-state index in [9.17, 15) is 0 Å². The van der Waals surface area contributed by atoms with E-state index in [0.29, 0.717) is 0 Å². The lowest BCUT2D eigenvalue weighted by Crippen LogP contribution is -2.32. The molecule has 3 N–H and O–H groups in total. The molecule has 12 heavy (non-hydrogen) atoms. The van der Waals surface area contributed by atoms with Crippen LogP contribution in [0.5, 0.6) is 0 Å². The van der Waals surface area contributed by atoms with Crippen LogP contribution < -0.4 is 5.73 Å². The Bertz CT molecular complexity index is 229. The van der Waals surface area contributed by atoms with Crippen molar-refractivity contribution in [2.45, 2.75) is 19.9 Å². The predicted molar refractivity (Wildman–Crippen MR) is 46.5 cm³/mol. The fraction of sp³-hybridized carbons (Fsp3) is 0.556. The maximum absolute atomic E-state index is 9.05. The van der Waals surface area contributed by atoms with Gasteiger partial charge in [-0.05, 0) is 6.07 Å². The second-order valence-electron chi connectivity index (χ2n) is 3.68. The van der Waals surface area contributed by atoms with Crippen LogP contribution >= 0.6 is 0 Å². The maximum Gasteiger partial charge on any atom is 0.0950 e. The second kappa shape index (κ2) is 3.29. The van der Waals surface area contributed by atoms with Crippen molar-refractivity contribution < 1.29 is 9.52 Å². The molecule has 3 nitrogen and oxygen atoms in total. The van der Waals surface area contributed by atoms with Crippen LogP contribution in [0.15, 0.2) is 23.0 Å². The summed E-state index contributed by atoms with van der Waals surface area (Å²) in [5, 5.41) is 9.05. The minimum atomic E-state index is -0.302. The van der Waals surface area contributed by atoms with Crippen LogP contribution in [0.4, 0.5) is 0 Å². The first-order valence-corrected chi connectivity index (χ1v) is 3.96.